The Morgan fingerprint density at radius 3 is 2.73 bits per heavy atom. The number of nitrogens with one attached hydrogen (secondary N) is 2. The lowest BCUT2D eigenvalue weighted by Gasteiger charge is -2.22. The molecular formula is C11H22N2O2. The normalized spacial score (nSPS) is 25.9. The average Bonchev–Trinajstić information content (AvgIpc) is 2.60. The largest absolute Gasteiger partial charge is 0.365 e. The smallest absolute Gasteiger partial charge is 0.252 e. The van der Waals surface area contributed by atoms with Crippen LogP contribution in [0.4, 0.5) is 0 Å². The van der Waals surface area contributed by atoms with Crippen molar-refractivity contribution in [1.29, 1.82) is 0 Å². The Balaban J connectivity index is 2.18. The predicted molar refractivity (Wildman–Crippen MR) is 59.7 cm³/mol. The Morgan fingerprint density at radius 2 is 2.20 bits per heavy atom. The van der Waals surface area contributed by atoms with E-state index in [2.05, 4.69) is 24.5 Å². The lowest BCUT2D eigenvalue weighted by atomic mass is 10.0. The molecule has 1 heterocycles. The van der Waals surface area contributed by atoms with Crippen LogP contribution in [0.1, 0.15) is 33.6 Å². The fourth-order valence-corrected chi connectivity index (χ4v) is 1.68. The van der Waals surface area contributed by atoms with Crippen LogP contribution in [-0.2, 0) is 9.53 Å². The van der Waals surface area contributed by atoms with Gasteiger partial charge in [-0.1, -0.05) is 13.8 Å². The first-order valence-corrected chi connectivity index (χ1v) is 5.70. The molecule has 88 valence electrons. The van der Waals surface area contributed by atoms with Gasteiger partial charge < -0.3 is 15.4 Å². The number of rotatable bonds is 5. The van der Waals surface area contributed by atoms with Crippen LogP contribution in [0.15, 0.2) is 0 Å². The molecule has 1 amide bonds. The minimum absolute atomic E-state index is 0.0190. The lowest BCUT2D eigenvalue weighted by Crippen LogP contribution is -2.46. The van der Waals surface area contributed by atoms with Crippen LogP contribution >= 0.6 is 0 Å². The number of ether oxygens (including phenoxy) is 1. The molecule has 15 heavy (non-hydrogen) atoms. The van der Waals surface area contributed by atoms with E-state index in [4.69, 9.17) is 4.74 Å². The molecule has 0 aromatic carbocycles. The molecule has 2 N–H and O–H groups in total. The topological polar surface area (TPSA) is 50.4 Å². The molecule has 0 radical (unpaired) electrons. The minimum atomic E-state index is -0.585. The second kappa shape index (κ2) is 5.47. The third-order valence-corrected chi connectivity index (χ3v) is 2.66. The summed E-state index contributed by atoms with van der Waals surface area (Å²) in [5, 5.41) is 6.14. The van der Waals surface area contributed by atoms with Crippen molar-refractivity contribution in [3.8, 4) is 0 Å². The van der Waals surface area contributed by atoms with Crippen molar-refractivity contribution < 1.29 is 9.53 Å². The van der Waals surface area contributed by atoms with Crippen LogP contribution < -0.4 is 10.6 Å². The Kier molecular flexibility index (Phi) is 4.54. The molecule has 1 rings (SSSR count). The summed E-state index contributed by atoms with van der Waals surface area (Å²) in [6.07, 6.45) is 1.81. The van der Waals surface area contributed by atoms with Crippen molar-refractivity contribution in [2.45, 2.75) is 45.3 Å². The summed E-state index contributed by atoms with van der Waals surface area (Å²) in [6, 6.07) is 0.459. The molecular weight excluding hydrogens is 192 g/mol. The van der Waals surface area contributed by atoms with Crippen LogP contribution in [0.25, 0.3) is 0 Å². The highest BCUT2D eigenvalue weighted by Crippen LogP contribution is 2.24. The number of carbonyl (C=O) groups excluding carboxylic acids is 1. The summed E-state index contributed by atoms with van der Waals surface area (Å²) in [4.78, 5) is 11.7. The zero-order valence-electron chi connectivity index (χ0n) is 9.93. The van der Waals surface area contributed by atoms with E-state index in [-0.39, 0.29) is 5.91 Å². The number of hydrogen-bond donors (Lipinski definition) is 2. The Hall–Kier alpha value is -0.610. The van der Waals surface area contributed by atoms with Crippen LogP contribution in [0.5, 0.6) is 0 Å². The first-order chi connectivity index (χ1) is 7.04. The fourth-order valence-electron chi connectivity index (χ4n) is 1.68. The van der Waals surface area contributed by atoms with Crippen molar-refractivity contribution >= 4 is 5.91 Å². The molecule has 1 aliphatic rings. The van der Waals surface area contributed by atoms with E-state index in [0.717, 1.165) is 19.4 Å². The molecule has 0 saturated carbocycles. The Morgan fingerprint density at radius 1 is 1.47 bits per heavy atom. The third-order valence-electron chi connectivity index (χ3n) is 2.66. The van der Waals surface area contributed by atoms with E-state index in [1.807, 2.05) is 6.92 Å². The molecule has 0 aromatic rings. The molecule has 0 spiro atoms. The van der Waals surface area contributed by atoms with Crippen molar-refractivity contribution in [2.24, 2.45) is 0 Å². The molecule has 1 atom stereocenters. The quantitative estimate of drug-likeness (QED) is 0.661. The second-order valence-corrected chi connectivity index (χ2v) is 4.55. The fraction of sp³-hybridized carbons (Fsp3) is 0.909. The lowest BCUT2D eigenvalue weighted by molar-refractivity contribution is -0.139. The number of hydrogen-bond acceptors (Lipinski definition) is 3. The Bertz CT molecular complexity index is 211. The van der Waals surface area contributed by atoms with Crippen molar-refractivity contribution in [1.82, 2.24) is 10.6 Å². The first-order valence-electron chi connectivity index (χ1n) is 5.70. The standard InChI is InChI=1S/C11H22N2O2/c1-9(2)12-6-7-13-10(14)11(3)5-4-8-15-11/h9,12H,4-8H2,1-3H3,(H,13,14). The van der Waals surface area contributed by atoms with Gasteiger partial charge in [0.15, 0.2) is 0 Å². The van der Waals surface area contributed by atoms with Gasteiger partial charge in [-0.25, -0.2) is 0 Å². The molecule has 4 heteroatoms. The van der Waals surface area contributed by atoms with E-state index in [1.54, 1.807) is 0 Å². The van der Waals surface area contributed by atoms with E-state index in [1.165, 1.54) is 0 Å². The van der Waals surface area contributed by atoms with Crippen LogP contribution in [0.2, 0.25) is 0 Å². The summed E-state index contributed by atoms with van der Waals surface area (Å²) < 4.78 is 5.45. The highest BCUT2D eigenvalue weighted by atomic mass is 16.5. The predicted octanol–water partition coefficient (Wildman–Crippen LogP) is 0.670. The highest BCUT2D eigenvalue weighted by Gasteiger charge is 2.37. The minimum Gasteiger partial charge on any atom is -0.365 e. The molecule has 1 saturated heterocycles. The van der Waals surface area contributed by atoms with Gasteiger partial charge in [0.05, 0.1) is 0 Å². The maximum Gasteiger partial charge on any atom is 0.252 e. The number of amides is 1. The van der Waals surface area contributed by atoms with Gasteiger partial charge >= 0.3 is 0 Å². The molecule has 1 fully saturated rings. The first kappa shape index (κ1) is 12.5. The SMILES string of the molecule is CC(C)NCCNC(=O)C1(C)CCCO1. The molecule has 1 aliphatic heterocycles. The summed E-state index contributed by atoms with van der Waals surface area (Å²) in [5.41, 5.74) is -0.585. The zero-order valence-corrected chi connectivity index (χ0v) is 9.93. The molecule has 0 aromatic heterocycles. The highest BCUT2D eigenvalue weighted by molar-refractivity contribution is 5.84. The summed E-state index contributed by atoms with van der Waals surface area (Å²) >= 11 is 0. The molecule has 1 unspecified atom stereocenters. The molecule has 4 nitrogen and oxygen atoms in total. The average molecular weight is 214 g/mol. The van der Waals surface area contributed by atoms with Crippen molar-refractivity contribution in [2.75, 3.05) is 19.7 Å². The third kappa shape index (κ3) is 3.80. The van der Waals surface area contributed by atoms with Crippen molar-refractivity contribution in [3.63, 3.8) is 0 Å². The van der Waals surface area contributed by atoms with Gasteiger partial charge in [0.25, 0.3) is 5.91 Å². The van der Waals surface area contributed by atoms with Gasteiger partial charge in [-0.2, -0.15) is 0 Å². The summed E-state index contributed by atoms with van der Waals surface area (Å²) in [7, 11) is 0. The molecule has 0 bridgehead atoms. The van der Waals surface area contributed by atoms with Gasteiger partial charge in [0.1, 0.15) is 5.60 Å². The van der Waals surface area contributed by atoms with Crippen LogP contribution in [-0.4, -0.2) is 37.2 Å². The Labute approximate surface area is 91.8 Å². The monoisotopic (exact) mass is 214 g/mol. The van der Waals surface area contributed by atoms with Gasteiger partial charge in [-0.05, 0) is 19.8 Å². The van der Waals surface area contributed by atoms with Gasteiger partial charge in [-0.15, -0.1) is 0 Å². The van der Waals surface area contributed by atoms with Crippen LogP contribution in [0, 0.1) is 0 Å². The van der Waals surface area contributed by atoms with Crippen LogP contribution in [0.3, 0.4) is 0 Å². The summed E-state index contributed by atoms with van der Waals surface area (Å²) in [5.74, 6) is 0.0190. The van der Waals surface area contributed by atoms with E-state index in [0.29, 0.717) is 19.2 Å². The summed E-state index contributed by atoms with van der Waals surface area (Å²) in [6.45, 7) is 8.21. The molecule has 0 aliphatic carbocycles. The second-order valence-electron chi connectivity index (χ2n) is 4.55. The van der Waals surface area contributed by atoms with E-state index >= 15 is 0 Å². The van der Waals surface area contributed by atoms with E-state index < -0.39 is 5.60 Å². The number of carbonyl (C=O) groups is 1. The van der Waals surface area contributed by atoms with Gasteiger partial charge in [0, 0.05) is 25.7 Å². The van der Waals surface area contributed by atoms with Gasteiger partial charge in [-0.3, -0.25) is 4.79 Å². The van der Waals surface area contributed by atoms with E-state index in [9.17, 15) is 4.79 Å². The van der Waals surface area contributed by atoms with Gasteiger partial charge in [0.2, 0.25) is 0 Å². The maximum absolute atomic E-state index is 11.7. The van der Waals surface area contributed by atoms with Crippen molar-refractivity contribution in [3.05, 3.63) is 0 Å². The maximum atomic E-state index is 11.7. The zero-order chi connectivity index (χ0) is 11.3.